The Labute approximate surface area is 129 Å². The van der Waals surface area contributed by atoms with Gasteiger partial charge in [0.2, 0.25) is 0 Å². The first-order chi connectivity index (χ1) is 9.79. The van der Waals surface area contributed by atoms with Crippen LogP contribution in [0.25, 0.3) is 0 Å². The van der Waals surface area contributed by atoms with Crippen molar-refractivity contribution >= 4 is 32.9 Å². The van der Waals surface area contributed by atoms with Crippen LogP contribution in [0.2, 0.25) is 0 Å². The number of pyridine rings is 1. The van der Waals surface area contributed by atoms with Gasteiger partial charge in [-0.05, 0) is 38.1 Å². The highest BCUT2D eigenvalue weighted by Crippen LogP contribution is 2.19. The number of anilines is 1. The van der Waals surface area contributed by atoms with Gasteiger partial charge in [-0.2, -0.15) is 0 Å². The van der Waals surface area contributed by atoms with Gasteiger partial charge in [-0.15, -0.1) is 0 Å². The van der Waals surface area contributed by atoms with Crippen molar-refractivity contribution in [2.45, 2.75) is 18.7 Å². The molecule has 0 amide bonds. The summed E-state index contributed by atoms with van der Waals surface area (Å²) < 4.78 is 27.3. The summed E-state index contributed by atoms with van der Waals surface area (Å²) in [4.78, 5) is 4.49. The van der Waals surface area contributed by atoms with E-state index in [1.807, 2.05) is 6.92 Å². The normalized spacial score (nSPS) is 11.1. The van der Waals surface area contributed by atoms with Crippen LogP contribution in [0.3, 0.4) is 0 Å². The second-order valence-electron chi connectivity index (χ2n) is 4.58. The molecule has 0 unspecified atom stereocenters. The van der Waals surface area contributed by atoms with Crippen LogP contribution < -0.4 is 10.5 Å². The predicted octanol–water partition coefficient (Wildman–Crippen LogP) is 2.13. The molecular weight excluding hydrogens is 306 g/mol. The van der Waals surface area contributed by atoms with Gasteiger partial charge in [0.25, 0.3) is 10.0 Å². The van der Waals surface area contributed by atoms with Crippen molar-refractivity contribution < 1.29 is 8.42 Å². The molecular formula is C14H15N3O2S2. The van der Waals surface area contributed by atoms with Crippen LogP contribution in [-0.4, -0.2) is 18.4 Å². The molecule has 2 rings (SSSR count). The first-order valence-corrected chi connectivity index (χ1v) is 8.06. The van der Waals surface area contributed by atoms with E-state index in [-0.39, 0.29) is 9.88 Å². The van der Waals surface area contributed by atoms with Crippen LogP contribution >= 0.6 is 12.2 Å². The van der Waals surface area contributed by atoms with Gasteiger partial charge in [0.05, 0.1) is 16.3 Å². The minimum Gasteiger partial charge on any atom is -0.389 e. The summed E-state index contributed by atoms with van der Waals surface area (Å²) >= 11 is 4.86. The van der Waals surface area contributed by atoms with E-state index in [0.29, 0.717) is 16.9 Å². The smallest absolute Gasteiger partial charge is 0.261 e. The van der Waals surface area contributed by atoms with Crippen molar-refractivity contribution in [1.29, 1.82) is 0 Å². The number of benzene rings is 1. The molecule has 2 aromatic rings. The Morgan fingerprint density at radius 1 is 1.24 bits per heavy atom. The Morgan fingerprint density at radius 2 is 1.95 bits per heavy atom. The van der Waals surface area contributed by atoms with Crippen molar-refractivity contribution in [2.75, 3.05) is 4.72 Å². The van der Waals surface area contributed by atoms with Crippen LogP contribution in [-0.2, 0) is 10.0 Å². The monoisotopic (exact) mass is 321 g/mol. The molecule has 7 heteroatoms. The van der Waals surface area contributed by atoms with Crippen LogP contribution in [0, 0.1) is 13.8 Å². The molecule has 1 aromatic heterocycles. The number of thiocarbonyl (C=S) groups is 1. The summed E-state index contributed by atoms with van der Waals surface area (Å²) in [5.74, 6) is 0. The maximum absolute atomic E-state index is 12.4. The Morgan fingerprint density at radius 3 is 2.57 bits per heavy atom. The number of nitrogens with zero attached hydrogens (tertiary/aromatic N) is 1. The average Bonchev–Trinajstić information content (AvgIpc) is 2.42. The van der Waals surface area contributed by atoms with E-state index in [1.54, 1.807) is 31.2 Å². The van der Waals surface area contributed by atoms with Gasteiger partial charge in [-0.1, -0.05) is 24.4 Å². The number of aryl methyl sites for hydroxylation is 2. The molecule has 5 nitrogen and oxygen atoms in total. The second kappa shape index (κ2) is 5.79. The Hall–Kier alpha value is -1.99. The van der Waals surface area contributed by atoms with E-state index in [0.717, 1.165) is 5.69 Å². The zero-order chi connectivity index (χ0) is 15.6. The fourth-order valence-corrected chi connectivity index (χ4v) is 3.10. The number of rotatable bonds is 4. The maximum atomic E-state index is 12.4. The standard InChI is InChI=1S/C14H15N3O2S2/c1-9-6-7-13(10(2)16-9)17-21(18,19)12-5-3-4-11(8-12)14(15)20/h3-8,17H,1-2H3,(H2,15,20). The third-order valence-electron chi connectivity index (χ3n) is 2.90. The summed E-state index contributed by atoms with van der Waals surface area (Å²) in [5.41, 5.74) is 7.92. The maximum Gasteiger partial charge on any atom is 0.261 e. The molecule has 0 spiro atoms. The molecule has 3 N–H and O–H groups in total. The molecule has 0 atom stereocenters. The molecule has 1 aromatic carbocycles. The molecule has 0 fully saturated rings. The lowest BCUT2D eigenvalue weighted by Crippen LogP contribution is -2.16. The Bertz CT molecular complexity index is 802. The average molecular weight is 321 g/mol. The van der Waals surface area contributed by atoms with Gasteiger partial charge >= 0.3 is 0 Å². The number of nitrogens with one attached hydrogen (secondary N) is 1. The van der Waals surface area contributed by atoms with Crippen LogP contribution in [0.15, 0.2) is 41.3 Å². The zero-order valence-corrected chi connectivity index (χ0v) is 13.3. The van der Waals surface area contributed by atoms with Gasteiger partial charge in [-0.25, -0.2) is 8.42 Å². The first kappa shape index (κ1) is 15.4. The lowest BCUT2D eigenvalue weighted by Gasteiger charge is -2.11. The lowest BCUT2D eigenvalue weighted by atomic mass is 10.2. The number of aromatic nitrogens is 1. The fraction of sp³-hybridized carbons (Fsp3) is 0.143. The molecule has 1 heterocycles. The van der Waals surface area contributed by atoms with Crippen molar-refractivity contribution in [3.63, 3.8) is 0 Å². The quantitative estimate of drug-likeness (QED) is 0.843. The highest BCUT2D eigenvalue weighted by Gasteiger charge is 2.16. The number of nitrogens with two attached hydrogens (primary N) is 1. The van der Waals surface area contributed by atoms with Crippen molar-refractivity contribution in [3.8, 4) is 0 Å². The SMILES string of the molecule is Cc1ccc(NS(=O)(=O)c2cccc(C(N)=S)c2)c(C)n1. The molecule has 0 bridgehead atoms. The summed E-state index contributed by atoms with van der Waals surface area (Å²) in [6, 6.07) is 9.63. The summed E-state index contributed by atoms with van der Waals surface area (Å²) in [5, 5.41) is 0. The molecule has 0 saturated heterocycles. The Kier molecular flexibility index (Phi) is 4.24. The molecule has 0 radical (unpaired) electrons. The molecule has 0 saturated carbocycles. The molecule has 0 aliphatic rings. The van der Waals surface area contributed by atoms with Gasteiger partial charge in [-0.3, -0.25) is 9.71 Å². The van der Waals surface area contributed by atoms with Gasteiger partial charge in [0, 0.05) is 11.3 Å². The largest absolute Gasteiger partial charge is 0.389 e. The highest BCUT2D eigenvalue weighted by atomic mass is 32.2. The summed E-state index contributed by atoms with van der Waals surface area (Å²) in [6.45, 7) is 3.59. The van der Waals surface area contributed by atoms with Crippen molar-refractivity contribution in [3.05, 3.63) is 53.3 Å². The summed E-state index contributed by atoms with van der Waals surface area (Å²) in [6.07, 6.45) is 0. The molecule has 0 aliphatic heterocycles. The van der Waals surface area contributed by atoms with Gasteiger partial charge < -0.3 is 5.73 Å². The number of sulfonamides is 1. The fourth-order valence-electron chi connectivity index (χ4n) is 1.81. The second-order valence-corrected chi connectivity index (χ2v) is 6.71. The zero-order valence-electron chi connectivity index (χ0n) is 11.6. The van der Waals surface area contributed by atoms with E-state index in [1.165, 1.54) is 12.1 Å². The van der Waals surface area contributed by atoms with E-state index in [4.69, 9.17) is 18.0 Å². The molecule has 110 valence electrons. The first-order valence-electron chi connectivity index (χ1n) is 6.16. The van der Waals surface area contributed by atoms with Gasteiger partial charge in [0.1, 0.15) is 4.99 Å². The minimum absolute atomic E-state index is 0.104. The Balaban J connectivity index is 2.38. The topological polar surface area (TPSA) is 85.1 Å². The third-order valence-corrected chi connectivity index (χ3v) is 4.50. The van der Waals surface area contributed by atoms with E-state index in [2.05, 4.69) is 9.71 Å². The van der Waals surface area contributed by atoms with E-state index < -0.39 is 10.0 Å². The third kappa shape index (κ3) is 3.56. The van der Waals surface area contributed by atoms with Crippen LogP contribution in [0.1, 0.15) is 17.0 Å². The predicted molar refractivity (Wildman–Crippen MR) is 86.8 cm³/mol. The van der Waals surface area contributed by atoms with Crippen molar-refractivity contribution in [2.24, 2.45) is 5.73 Å². The van der Waals surface area contributed by atoms with E-state index >= 15 is 0 Å². The van der Waals surface area contributed by atoms with Crippen LogP contribution in [0.5, 0.6) is 0 Å². The molecule has 21 heavy (non-hydrogen) atoms. The number of hydrogen-bond donors (Lipinski definition) is 2. The highest BCUT2D eigenvalue weighted by molar-refractivity contribution is 7.92. The lowest BCUT2D eigenvalue weighted by molar-refractivity contribution is 0.601. The summed E-state index contributed by atoms with van der Waals surface area (Å²) in [7, 11) is -3.71. The van der Waals surface area contributed by atoms with Crippen LogP contribution in [0.4, 0.5) is 5.69 Å². The molecule has 0 aliphatic carbocycles. The minimum atomic E-state index is -3.71. The van der Waals surface area contributed by atoms with Gasteiger partial charge in [0.15, 0.2) is 0 Å². The van der Waals surface area contributed by atoms with Crippen molar-refractivity contribution in [1.82, 2.24) is 4.98 Å². The number of hydrogen-bond acceptors (Lipinski definition) is 4. The van der Waals surface area contributed by atoms with E-state index in [9.17, 15) is 8.42 Å².